The third-order valence-corrected chi connectivity index (χ3v) is 3.05. The van der Waals surface area contributed by atoms with Gasteiger partial charge in [-0.15, -0.1) is 0 Å². The first-order valence-corrected chi connectivity index (χ1v) is 5.64. The summed E-state index contributed by atoms with van der Waals surface area (Å²) in [6, 6.07) is 0.825. The molecule has 0 aromatic carbocycles. The lowest BCUT2D eigenvalue weighted by molar-refractivity contribution is -0.133. The monoisotopic (exact) mass is 198 g/mol. The third-order valence-electron chi connectivity index (χ3n) is 3.05. The van der Waals surface area contributed by atoms with E-state index in [1.807, 2.05) is 11.9 Å². The Balaban J connectivity index is 2.25. The molecule has 3 nitrogen and oxygen atoms in total. The average Bonchev–Trinajstić information content (AvgIpc) is 2.01. The maximum Gasteiger partial charge on any atom is 0.224 e. The molecule has 1 atom stereocenters. The Labute approximate surface area is 86.9 Å². The van der Waals surface area contributed by atoms with Gasteiger partial charge in [0.05, 0.1) is 0 Å². The first kappa shape index (κ1) is 11.5. The molecular weight excluding hydrogens is 176 g/mol. The smallest absolute Gasteiger partial charge is 0.224 e. The molecule has 1 aliphatic carbocycles. The van der Waals surface area contributed by atoms with Gasteiger partial charge in [-0.1, -0.05) is 6.92 Å². The number of amides is 1. The van der Waals surface area contributed by atoms with Crippen LogP contribution in [0.3, 0.4) is 0 Å². The quantitative estimate of drug-likeness (QED) is 0.724. The molecule has 0 aromatic rings. The fourth-order valence-corrected chi connectivity index (χ4v) is 1.80. The van der Waals surface area contributed by atoms with Crippen LogP contribution in [-0.4, -0.2) is 36.5 Å². The van der Waals surface area contributed by atoms with Crippen molar-refractivity contribution in [3.05, 3.63) is 0 Å². The summed E-state index contributed by atoms with van der Waals surface area (Å²) >= 11 is 0. The second kappa shape index (κ2) is 5.35. The highest BCUT2D eigenvalue weighted by molar-refractivity contribution is 5.76. The van der Waals surface area contributed by atoms with Crippen LogP contribution in [0.5, 0.6) is 0 Å². The van der Waals surface area contributed by atoms with Gasteiger partial charge in [-0.2, -0.15) is 0 Å². The maximum atomic E-state index is 11.7. The third kappa shape index (κ3) is 2.98. The molecule has 1 saturated carbocycles. The predicted octanol–water partition coefficient (Wildman–Crippen LogP) is 1.39. The summed E-state index contributed by atoms with van der Waals surface area (Å²) in [6.45, 7) is 5.06. The topological polar surface area (TPSA) is 32.3 Å². The molecule has 0 bridgehead atoms. The first-order valence-electron chi connectivity index (χ1n) is 5.64. The van der Waals surface area contributed by atoms with Gasteiger partial charge in [0, 0.05) is 25.6 Å². The Morgan fingerprint density at radius 3 is 2.64 bits per heavy atom. The number of hydrogen-bond acceptors (Lipinski definition) is 2. The van der Waals surface area contributed by atoms with Crippen LogP contribution in [0.15, 0.2) is 0 Å². The van der Waals surface area contributed by atoms with E-state index in [-0.39, 0.29) is 5.91 Å². The van der Waals surface area contributed by atoms with Crippen LogP contribution >= 0.6 is 0 Å². The molecule has 1 amide bonds. The molecule has 0 aromatic heterocycles. The summed E-state index contributed by atoms with van der Waals surface area (Å²) in [7, 11) is 1.94. The SMILES string of the molecule is CCNC(C)CC(=O)N(C)C1CCC1. The van der Waals surface area contributed by atoms with Gasteiger partial charge in [0.25, 0.3) is 0 Å². The highest BCUT2D eigenvalue weighted by Gasteiger charge is 2.25. The maximum absolute atomic E-state index is 11.7. The van der Waals surface area contributed by atoms with Gasteiger partial charge >= 0.3 is 0 Å². The number of carbonyl (C=O) groups is 1. The molecule has 3 heteroatoms. The molecule has 0 spiro atoms. The zero-order valence-corrected chi connectivity index (χ0v) is 9.55. The largest absolute Gasteiger partial charge is 0.343 e. The molecule has 0 heterocycles. The van der Waals surface area contributed by atoms with Gasteiger partial charge in [-0.25, -0.2) is 0 Å². The molecule has 1 rings (SSSR count). The molecule has 82 valence electrons. The van der Waals surface area contributed by atoms with E-state index < -0.39 is 0 Å². The number of nitrogens with one attached hydrogen (secondary N) is 1. The number of hydrogen-bond donors (Lipinski definition) is 1. The van der Waals surface area contributed by atoms with Crippen LogP contribution in [0.1, 0.15) is 39.5 Å². The van der Waals surface area contributed by atoms with Crippen molar-refractivity contribution in [2.45, 2.75) is 51.6 Å². The predicted molar refractivity (Wildman–Crippen MR) is 58.2 cm³/mol. The zero-order valence-electron chi connectivity index (χ0n) is 9.55. The van der Waals surface area contributed by atoms with E-state index in [1.54, 1.807) is 0 Å². The minimum Gasteiger partial charge on any atom is -0.343 e. The molecule has 1 aliphatic rings. The van der Waals surface area contributed by atoms with Crippen molar-refractivity contribution in [2.75, 3.05) is 13.6 Å². The van der Waals surface area contributed by atoms with Gasteiger partial charge in [0.1, 0.15) is 0 Å². The minimum atomic E-state index is 0.281. The van der Waals surface area contributed by atoms with Crippen molar-refractivity contribution in [1.29, 1.82) is 0 Å². The first-order chi connectivity index (χ1) is 6.65. The van der Waals surface area contributed by atoms with Crippen molar-refractivity contribution in [3.63, 3.8) is 0 Å². The van der Waals surface area contributed by atoms with Crippen molar-refractivity contribution in [1.82, 2.24) is 10.2 Å². The Bertz CT molecular complexity index is 190. The summed E-state index contributed by atoms with van der Waals surface area (Å²) in [5.41, 5.74) is 0. The summed E-state index contributed by atoms with van der Waals surface area (Å²) in [5.74, 6) is 0.281. The standard InChI is InChI=1S/C11H22N2O/c1-4-12-9(2)8-11(14)13(3)10-6-5-7-10/h9-10,12H,4-8H2,1-3H3. The van der Waals surface area contributed by atoms with Gasteiger partial charge in [-0.3, -0.25) is 4.79 Å². The van der Waals surface area contributed by atoms with Crippen molar-refractivity contribution in [2.24, 2.45) is 0 Å². The summed E-state index contributed by atoms with van der Waals surface area (Å²) < 4.78 is 0. The van der Waals surface area contributed by atoms with E-state index in [0.29, 0.717) is 18.5 Å². The van der Waals surface area contributed by atoms with Crippen molar-refractivity contribution < 1.29 is 4.79 Å². The van der Waals surface area contributed by atoms with Crippen molar-refractivity contribution >= 4 is 5.91 Å². The van der Waals surface area contributed by atoms with E-state index in [2.05, 4.69) is 19.2 Å². The van der Waals surface area contributed by atoms with E-state index in [9.17, 15) is 4.79 Å². The van der Waals surface area contributed by atoms with Crippen LogP contribution in [-0.2, 0) is 4.79 Å². The van der Waals surface area contributed by atoms with Gasteiger partial charge < -0.3 is 10.2 Å². The van der Waals surface area contributed by atoms with E-state index in [4.69, 9.17) is 0 Å². The second-order valence-electron chi connectivity index (χ2n) is 4.25. The molecule has 1 N–H and O–H groups in total. The normalized spacial score (nSPS) is 18.8. The lowest BCUT2D eigenvalue weighted by atomic mass is 9.91. The number of nitrogens with zero attached hydrogens (tertiary/aromatic N) is 1. The van der Waals surface area contributed by atoms with Crippen LogP contribution < -0.4 is 5.32 Å². The Kier molecular flexibility index (Phi) is 4.39. The lowest BCUT2D eigenvalue weighted by Crippen LogP contribution is -2.43. The van der Waals surface area contributed by atoms with E-state index in [1.165, 1.54) is 19.3 Å². The molecular formula is C11H22N2O. The van der Waals surface area contributed by atoms with Gasteiger partial charge in [0.15, 0.2) is 0 Å². The second-order valence-corrected chi connectivity index (χ2v) is 4.25. The molecule has 1 fully saturated rings. The Hall–Kier alpha value is -0.570. The van der Waals surface area contributed by atoms with Crippen LogP contribution in [0.2, 0.25) is 0 Å². The average molecular weight is 198 g/mol. The lowest BCUT2D eigenvalue weighted by Gasteiger charge is -2.35. The molecule has 0 aliphatic heterocycles. The van der Waals surface area contributed by atoms with E-state index >= 15 is 0 Å². The minimum absolute atomic E-state index is 0.281. The van der Waals surface area contributed by atoms with Gasteiger partial charge in [-0.05, 0) is 32.7 Å². The van der Waals surface area contributed by atoms with Crippen LogP contribution in [0.25, 0.3) is 0 Å². The molecule has 1 unspecified atom stereocenters. The summed E-state index contributed by atoms with van der Waals surface area (Å²) in [5, 5.41) is 3.26. The molecule has 0 saturated heterocycles. The number of rotatable bonds is 5. The fraction of sp³-hybridized carbons (Fsp3) is 0.909. The van der Waals surface area contributed by atoms with Gasteiger partial charge in [0.2, 0.25) is 5.91 Å². The van der Waals surface area contributed by atoms with Crippen LogP contribution in [0, 0.1) is 0 Å². The highest BCUT2D eigenvalue weighted by Crippen LogP contribution is 2.23. The van der Waals surface area contributed by atoms with E-state index in [0.717, 1.165) is 6.54 Å². The molecule has 0 radical (unpaired) electrons. The Morgan fingerprint density at radius 1 is 1.57 bits per heavy atom. The highest BCUT2D eigenvalue weighted by atomic mass is 16.2. The zero-order chi connectivity index (χ0) is 10.6. The Morgan fingerprint density at radius 2 is 2.21 bits per heavy atom. The van der Waals surface area contributed by atoms with Crippen LogP contribution in [0.4, 0.5) is 0 Å². The fourth-order valence-electron chi connectivity index (χ4n) is 1.80. The van der Waals surface area contributed by atoms with Crippen molar-refractivity contribution in [3.8, 4) is 0 Å². The summed E-state index contributed by atoms with van der Waals surface area (Å²) in [4.78, 5) is 13.7. The number of carbonyl (C=O) groups excluding carboxylic acids is 1. The summed E-state index contributed by atoms with van der Waals surface area (Å²) in [6.07, 6.45) is 4.29. The molecule has 14 heavy (non-hydrogen) atoms.